The molecule has 2 aromatic rings. The molecule has 3 rings (SSSR count). The number of imide groups is 1. The minimum Gasteiger partial charge on any atom is -0.451 e. The lowest BCUT2D eigenvalue weighted by molar-refractivity contribution is 0.0318. The summed E-state index contributed by atoms with van der Waals surface area (Å²) in [5, 5.41) is 0. The van der Waals surface area contributed by atoms with Crippen molar-refractivity contribution >= 4 is 23.6 Å². The molecule has 0 saturated heterocycles. The van der Waals surface area contributed by atoms with Crippen molar-refractivity contribution in [2.45, 2.75) is 13.0 Å². The van der Waals surface area contributed by atoms with Crippen LogP contribution in [0, 0.1) is 5.82 Å². The van der Waals surface area contributed by atoms with Crippen LogP contribution in [-0.2, 0) is 4.74 Å². The van der Waals surface area contributed by atoms with Gasteiger partial charge in [-0.05, 0) is 49.4 Å². The van der Waals surface area contributed by atoms with Crippen LogP contribution >= 0.6 is 0 Å². The molecule has 0 unspecified atom stereocenters. The Kier molecular flexibility index (Phi) is 5.17. The van der Waals surface area contributed by atoms with Crippen molar-refractivity contribution in [1.82, 2.24) is 4.90 Å². The number of Topliss-reactive ketones (excluding diaryl/α,β-unsaturated/α-hetero) is 1. The van der Waals surface area contributed by atoms with E-state index in [9.17, 15) is 23.6 Å². The van der Waals surface area contributed by atoms with Crippen molar-refractivity contribution in [2.24, 2.45) is 0 Å². The minimum atomic E-state index is -1.11. The first-order chi connectivity index (χ1) is 13.3. The van der Waals surface area contributed by atoms with Gasteiger partial charge in [0.15, 0.2) is 6.10 Å². The molecule has 0 aliphatic carbocycles. The Morgan fingerprint density at radius 1 is 1.07 bits per heavy atom. The Morgan fingerprint density at radius 2 is 1.68 bits per heavy atom. The van der Waals surface area contributed by atoms with Crippen molar-refractivity contribution in [1.29, 1.82) is 0 Å². The number of benzene rings is 2. The average Bonchev–Trinajstić information content (AvgIpc) is 2.92. The highest BCUT2D eigenvalue weighted by Gasteiger charge is 2.35. The Bertz CT molecular complexity index is 996. The van der Waals surface area contributed by atoms with Crippen LogP contribution in [0.25, 0.3) is 0 Å². The van der Waals surface area contributed by atoms with Gasteiger partial charge in [-0.3, -0.25) is 19.3 Å². The van der Waals surface area contributed by atoms with Crippen molar-refractivity contribution in [3.05, 3.63) is 83.2 Å². The van der Waals surface area contributed by atoms with E-state index in [0.717, 1.165) is 17.0 Å². The van der Waals surface area contributed by atoms with E-state index in [4.69, 9.17) is 4.74 Å². The zero-order valence-corrected chi connectivity index (χ0v) is 15.0. The Morgan fingerprint density at radius 3 is 2.32 bits per heavy atom. The summed E-state index contributed by atoms with van der Waals surface area (Å²) in [6.45, 7) is 4.97. The van der Waals surface area contributed by atoms with Crippen molar-refractivity contribution in [3.8, 4) is 0 Å². The standard InChI is InChI=1S/C21H16FNO5/c1-3-10-23-19(25)16-9-6-14(11-17(16)20(23)26)21(27)28-12(2)18(24)13-4-7-15(22)8-5-13/h3-9,11-12H,1,10H2,2H3/t12-/m0/s1. The molecule has 0 aromatic heterocycles. The highest BCUT2D eigenvalue weighted by molar-refractivity contribution is 6.22. The predicted molar refractivity (Wildman–Crippen MR) is 97.6 cm³/mol. The maximum atomic E-state index is 13.0. The van der Waals surface area contributed by atoms with Gasteiger partial charge in [-0.2, -0.15) is 0 Å². The van der Waals surface area contributed by atoms with E-state index in [2.05, 4.69) is 6.58 Å². The van der Waals surface area contributed by atoms with Gasteiger partial charge in [0.1, 0.15) is 5.82 Å². The smallest absolute Gasteiger partial charge is 0.338 e. The van der Waals surface area contributed by atoms with Crippen molar-refractivity contribution in [2.75, 3.05) is 6.54 Å². The molecule has 2 aromatic carbocycles. The van der Waals surface area contributed by atoms with Crippen LogP contribution in [0.3, 0.4) is 0 Å². The van der Waals surface area contributed by atoms with Gasteiger partial charge in [0.25, 0.3) is 11.8 Å². The van der Waals surface area contributed by atoms with Crippen LogP contribution in [0.15, 0.2) is 55.1 Å². The molecule has 6 nitrogen and oxygen atoms in total. The molecule has 2 amide bonds. The number of ether oxygens (including phenoxy) is 1. The molecule has 1 aliphatic heterocycles. The third-order valence-electron chi connectivity index (χ3n) is 4.30. The number of nitrogens with zero attached hydrogens (tertiary/aromatic N) is 1. The molecular weight excluding hydrogens is 365 g/mol. The zero-order valence-electron chi connectivity index (χ0n) is 15.0. The first kappa shape index (κ1) is 19.2. The Labute approximate surface area is 160 Å². The molecule has 0 N–H and O–H groups in total. The molecule has 0 radical (unpaired) electrons. The molecule has 1 atom stereocenters. The highest BCUT2D eigenvalue weighted by Crippen LogP contribution is 2.24. The number of carbonyl (C=O) groups excluding carboxylic acids is 4. The fourth-order valence-electron chi connectivity index (χ4n) is 2.84. The fourth-order valence-corrected chi connectivity index (χ4v) is 2.84. The van der Waals surface area contributed by atoms with Crippen LogP contribution in [-0.4, -0.2) is 41.1 Å². The number of rotatable bonds is 6. The van der Waals surface area contributed by atoms with Crippen molar-refractivity contribution < 1.29 is 28.3 Å². The summed E-state index contributed by atoms with van der Waals surface area (Å²) < 4.78 is 18.1. The predicted octanol–water partition coefficient (Wildman–Crippen LogP) is 3.04. The van der Waals surface area contributed by atoms with E-state index in [1.54, 1.807) is 0 Å². The summed E-state index contributed by atoms with van der Waals surface area (Å²) in [5.41, 5.74) is 0.535. The molecule has 0 bridgehead atoms. The first-order valence-electron chi connectivity index (χ1n) is 8.45. The maximum Gasteiger partial charge on any atom is 0.338 e. The van der Waals surface area contributed by atoms with Gasteiger partial charge >= 0.3 is 5.97 Å². The van der Waals surface area contributed by atoms with E-state index in [1.165, 1.54) is 43.3 Å². The number of amides is 2. The van der Waals surface area contributed by atoms with Gasteiger partial charge in [0, 0.05) is 12.1 Å². The molecule has 142 valence electrons. The van der Waals surface area contributed by atoms with Crippen LogP contribution in [0.2, 0.25) is 0 Å². The van der Waals surface area contributed by atoms with Crippen LogP contribution in [0.1, 0.15) is 48.4 Å². The summed E-state index contributed by atoms with van der Waals surface area (Å²) in [6.07, 6.45) is 0.320. The van der Waals surface area contributed by atoms with Gasteiger partial charge < -0.3 is 4.74 Å². The second kappa shape index (κ2) is 7.56. The number of hydrogen-bond acceptors (Lipinski definition) is 5. The molecule has 7 heteroatoms. The van der Waals surface area contributed by atoms with Crippen LogP contribution < -0.4 is 0 Å². The second-order valence-corrected chi connectivity index (χ2v) is 6.19. The summed E-state index contributed by atoms with van der Waals surface area (Å²) in [4.78, 5) is 50.2. The Hall–Kier alpha value is -3.61. The van der Waals surface area contributed by atoms with Crippen LogP contribution in [0.5, 0.6) is 0 Å². The van der Waals surface area contributed by atoms with E-state index in [0.29, 0.717) is 0 Å². The minimum absolute atomic E-state index is 0.0408. The summed E-state index contributed by atoms with van der Waals surface area (Å²) in [6, 6.07) is 8.89. The van der Waals surface area contributed by atoms with Gasteiger partial charge in [-0.15, -0.1) is 6.58 Å². The lowest BCUT2D eigenvalue weighted by Gasteiger charge is -2.12. The second-order valence-electron chi connectivity index (χ2n) is 6.19. The van der Waals surface area contributed by atoms with Gasteiger partial charge in [0.05, 0.1) is 16.7 Å². The molecule has 0 spiro atoms. The lowest BCUT2D eigenvalue weighted by atomic mass is 10.1. The lowest BCUT2D eigenvalue weighted by Crippen LogP contribution is -2.29. The highest BCUT2D eigenvalue weighted by atomic mass is 19.1. The first-order valence-corrected chi connectivity index (χ1v) is 8.45. The summed E-state index contributed by atoms with van der Waals surface area (Å²) in [5.74, 6) is -2.76. The zero-order chi connectivity index (χ0) is 20.4. The van der Waals surface area contributed by atoms with Gasteiger partial charge in [-0.1, -0.05) is 6.08 Å². The number of ketones is 1. The molecular formula is C21H16FNO5. The maximum absolute atomic E-state index is 13.0. The molecule has 0 fully saturated rings. The molecule has 1 aliphatic rings. The van der Waals surface area contributed by atoms with Gasteiger partial charge in [-0.25, -0.2) is 9.18 Å². The van der Waals surface area contributed by atoms with Gasteiger partial charge in [0.2, 0.25) is 5.78 Å². The molecule has 0 saturated carbocycles. The monoisotopic (exact) mass is 381 g/mol. The normalized spacial score (nSPS) is 13.9. The number of fused-ring (bicyclic) bond motifs is 1. The van der Waals surface area contributed by atoms with E-state index >= 15 is 0 Å². The van der Waals surface area contributed by atoms with Crippen LogP contribution in [0.4, 0.5) is 4.39 Å². The molecule has 28 heavy (non-hydrogen) atoms. The number of hydrogen-bond donors (Lipinski definition) is 0. The third kappa shape index (κ3) is 3.46. The molecule has 1 heterocycles. The topological polar surface area (TPSA) is 80.8 Å². The van der Waals surface area contributed by atoms with E-state index in [1.807, 2.05) is 0 Å². The Balaban J connectivity index is 1.76. The number of esters is 1. The fraction of sp³-hybridized carbons (Fsp3) is 0.143. The number of halogens is 1. The SMILES string of the molecule is C=CCN1C(=O)c2ccc(C(=O)O[C@@H](C)C(=O)c3ccc(F)cc3)cc2C1=O. The van der Waals surface area contributed by atoms with Crippen molar-refractivity contribution in [3.63, 3.8) is 0 Å². The largest absolute Gasteiger partial charge is 0.451 e. The third-order valence-corrected chi connectivity index (χ3v) is 4.30. The quantitative estimate of drug-likeness (QED) is 0.333. The van der Waals surface area contributed by atoms with E-state index < -0.39 is 35.5 Å². The average molecular weight is 381 g/mol. The summed E-state index contributed by atoms with van der Waals surface area (Å²) in [7, 11) is 0. The summed E-state index contributed by atoms with van der Waals surface area (Å²) >= 11 is 0. The number of carbonyl (C=O) groups is 4. The van der Waals surface area contributed by atoms with E-state index in [-0.39, 0.29) is 28.8 Å².